The fourth-order valence-electron chi connectivity index (χ4n) is 5.78. The lowest BCUT2D eigenvalue weighted by atomic mass is 9.75. The van der Waals surface area contributed by atoms with Crippen LogP contribution in [0.4, 0.5) is 11.4 Å². The molecule has 4 aromatic carbocycles. The van der Waals surface area contributed by atoms with Crippen LogP contribution in [0.2, 0.25) is 0 Å². The van der Waals surface area contributed by atoms with Gasteiger partial charge in [0.05, 0.1) is 9.85 Å². The molecule has 1 saturated carbocycles. The lowest BCUT2D eigenvalue weighted by molar-refractivity contribution is -0.385. The number of benzene rings is 4. The second-order valence-electron chi connectivity index (χ2n) is 10.7. The number of hydrogen-bond donors (Lipinski definition) is 0. The first-order chi connectivity index (χ1) is 20.3. The zero-order chi connectivity index (χ0) is 29.6. The first-order valence-electron chi connectivity index (χ1n) is 14.4. The summed E-state index contributed by atoms with van der Waals surface area (Å²) in [6.45, 7) is 4.22. The van der Waals surface area contributed by atoms with Gasteiger partial charge in [-0.25, -0.2) is 0 Å². The van der Waals surface area contributed by atoms with Crippen LogP contribution in [0.3, 0.4) is 0 Å². The number of nitrogens with zero attached hydrogens (tertiary/aromatic N) is 2. The van der Waals surface area contributed by atoms with Crippen LogP contribution in [0.5, 0.6) is 23.0 Å². The van der Waals surface area contributed by atoms with Crippen molar-refractivity contribution in [3.05, 3.63) is 127 Å². The Morgan fingerprint density at radius 3 is 1.40 bits per heavy atom. The smallest absolute Gasteiger partial charge is 0.269 e. The molecule has 8 heteroatoms. The molecule has 5 rings (SSSR count). The largest absolute Gasteiger partial charge is 0.457 e. The van der Waals surface area contributed by atoms with E-state index in [0.29, 0.717) is 23.3 Å². The lowest BCUT2D eigenvalue weighted by Crippen LogP contribution is -2.13. The van der Waals surface area contributed by atoms with Crippen molar-refractivity contribution in [3.8, 4) is 23.0 Å². The Kier molecular flexibility index (Phi) is 8.81. The molecule has 0 saturated heterocycles. The monoisotopic (exact) mass is 566 g/mol. The van der Waals surface area contributed by atoms with Crippen LogP contribution in [-0.4, -0.2) is 9.85 Å². The quantitative estimate of drug-likeness (QED) is 0.140. The summed E-state index contributed by atoms with van der Waals surface area (Å²) in [6, 6.07) is 25.2. The molecule has 0 spiro atoms. The van der Waals surface area contributed by atoms with Gasteiger partial charge in [-0.15, -0.1) is 0 Å². The van der Waals surface area contributed by atoms with E-state index in [2.05, 4.69) is 38.1 Å². The van der Waals surface area contributed by atoms with Crippen molar-refractivity contribution in [2.75, 3.05) is 0 Å². The Morgan fingerprint density at radius 2 is 1.05 bits per heavy atom. The van der Waals surface area contributed by atoms with Crippen LogP contribution >= 0.6 is 0 Å². The summed E-state index contributed by atoms with van der Waals surface area (Å²) in [6.07, 6.45) is 6.15. The number of rotatable bonds is 10. The van der Waals surface area contributed by atoms with Gasteiger partial charge in [0.1, 0.15) is 23.0 Å². The van der Waals surface area contributed by atoms with E-state index in [4.69, 9.17) is 9.47 Å². The highest BCUT2D eigenvalue weighted by Crippen LogP contribution is 2.43. The van der Waals surface area contributed by atoms with Crippen LogP contribution in [0, 0.1) is 20.2 Å². The molecule has 1 aliphatic carbocycles. The fourth-order valence-corrected chi connectivity index (χ4v) is 5.78. The molecule has 0 aromatic heterocycles. The van der Waals surface area contributed by atoms with E-state index >= 15 is 0 Å². The Bertz CT molecular complexity index is 1450. The fraction of sp³-hybridized carbons (Fsp3) is 0.294. The summed E-state index contributed by atoms with van der Waals surface area (Å²) in [5.41, 5.74) is 4.96. The minimum Gasteiger partial charge on any atom is -0.457 e. The van der Waals surface area contributed by atoms with Gasteiger partial charge in [-0.05, 0) is 103 Å². The highest BCUT2D eigenvalue weighted by Gasteiger charge is 2.26. The number of non-ortho nitro benzene ring substituents is 2. The average molecular weight is 567 g/mol. The molecule has 0 radical (unpaired) electrons. The maximum absolute atomic E-state index is 11.0. The standard InChI is InChI=1S/C34H34N2O6/c1-3-23-20-27(8-18-33(23)41-31-14-10-29(11-15-31)35(37)38)25-6-5-7-26(22-25)28-9-19-34(24(4-2)21-28)42-32-16-12-30(13-17-32)36(39)40/h8-21,25-26H,3-7,22H2,1-2H3. The predicted molar refractivity (Wildman–Crippen MR) is 162 cm³/mol. The molecular weight excluding hydrogens is 532 g/mol. The molecule has 0 aliphatic heterocycles. The van der Waals surface area contributed by atoms with Crippen LogP contribution in [0.1, 0.15) is 73.6 Å². The summed E-state index contributed by atoms with van der Waals surface area (Å²) >= 11 is 0. The number of nitro groups is 2. The highest BCUT2D eigenvalue weighted by atomic mass is 16.6. The second kappa shape index (κ2) is 12.9. The van der Waals surface area contributed by atoms with Crippen molar-refractivity contribution in [3.63, 3.8) is 0 Å². The van der Waals surface area contributed by atoms with Crippen LogP contribution < -0.4 is 9.47 Å². The summed E-state index contributed by atoms with van der Waals surface area (Å²) in [4.78, 5) is 21.1. The normalized spacial score (nSPS) is 16.5. The summed E-state index contributed by atoms with van der Waals surface area (Å²) in [5.74, 6) is 3.60. The van der Waals surface area contributed by atoms with Gasteiger partial charge in [0.15, 0.2) is 0 Å². The number of hydrogen-bond acceptors (Lipinski definition) is 6. The van der Waals surface area contributed by atoms with Gasteiger partial charge in [-0.3, -0.25) is 20.2 Å². The Labute approximate surface area is 245 Å². The van der Waals surface area contributed by atoms with Crippen LogP contribution in [0.25, 0.3) is 0 Å². The molecule has 0 N–H and O–H groups in total. The van der Waals surface area contributed by atoms with Gasteiger partial charge in [0.25, 0.3) is 11.4 Å². The third-order valence-corrected chi connectivity index (χ3v) is 8.10. The number of nitro benzene ring substituents is 2. The van der Waals surface area contributed by atoms with Crippen molar-refractivity contribution in [1.82, 2.24) is 0 Å². The zero-order valence-electron chi connectivity index (χ0n) is 23.8. The third kappa shape index (κ3) is 6.60. The van der Waals surface area contributed by atoms with Gasteiger partial charge in [-0.2, -0.15) is 0 Å². The molecule has 1 aliphatic rings. The summed E-state index contributed by atoms with van der Waals surface area (Å²) in [5, 5.41) is 21.9. The Hall–Kier alpha value is -4.72. The molecule has 0 bridgehead atoms. The van der Waals surface area contributed by atoms with Crippen molar-refractivity contribution in [1.29, 1.82) is 0 Å². The van der Waals surface area contributed by atoms with E-state index in [1.54, 1.807) is 24.3 Å². The summed E-state index contributed by atoms with van der Waals surface area (Å²) in [7, 11) is 0. The molecule has 2 atom stereocenters. The van der Waals surface area contributed by atoms with Crippen molar-refractivity contribution in [2.45, 2.75) is 64.2 Å². The number of ether oxygens (including phenoxy) is 2. The maximum Gasteiger partial charge on any atom is 0.269 e. The van der Waals surface area contributed by atoms with Gasteiger partial charge >= 0.3 is 0 Å². The van der Waals surface area contributed by atoms with Gasteiger partial charge in [-0.1, -0.05) is 44.5 Å². The van der Waals surface area contributed by atoms with E-state index in [1.165, 1.54) is 35.4 Å². The molecule has 2 unspecified atom stereocenters. The van der Waals surface area contributed by atoms with E-state index in [1.807, 2.05) is 12.1 Å². The first-order valence-corrected chi connectivity index (χ1v) is 14.4. The lowest BCUT2D eigenvalue weighted by Gasteiger charge is -2.30. The van der Waals surface area contributed by atoms with Gasteiger partial charge < -0.3 is 9.47 Å². The third-order valence-electron chi connectivity index (χ3n) is 8.10. The Morgan fingerprint density at radius 1 is 0.643 bits per heavy atom. The minimum absolute atomic E-state index is 0.0398. The number of aryl methyl sites for hydroxylation is 2. The molecular formula is C34H34N2O6. The Balaban J connectivity index is 1.29. The van der Waals surface area contributed by atoms with E-state index in [9.17, 15) is 20.2 Å². The first kappa shape index (κ1) is 28.8. The van der Waals surface area contributed by atoms with E-state index < -0.39 is 9.85 Å². The van der Waals surface area contributed by atoms with Gasteiger partial charge in [0.2, 0.25) is 0 Å². The second-order valence-corrected chi connectivity index (χ2v) is 10.7. The molecule has 42 heavy (non-hydrogen) atoms. The molecule has 0 heterocycles. The van der Waals surface area contributed by atoms with Crippen LogP contribution in [-0.2, 0) is 12.8 Å². The zero-order valence-corrected chi connectivity index (χ0v) is 23.8. The SMILES string of the molecule is CCc1cc(C2CCCC(c3ccc(Oc4ccc([N+](=O)[O-])cc4)c(CC)c3)C2)ccc1Oc1ccc([N+](=O)[O-])cc1. The summed E-state index contributed by atoms with van der Waals surface area (Å²) < 4.78 is 12.2. The molecule has 0 amide bonds. The van der Waals surface area contributed by atoms with Crippen LogP contribution in [0.15, 0.2) is 84.9 Å². The molecule has 8 nitrogen and oxygen atoms in total. The molecule has 216 valence electrons. The predicted octanol–water partition coefficient (Wildman–Crippen LogP) is 9.65. The van der Waals surface area contributed by atoms with Crippen molar-refractivity contribution >= 4 is 11.4 Å². The molecule has 4 aromatic rings. The van der Waals surface area contributed by atoms with Crippen molar-refractivity contribution < 1.29 is 19.3 Å². The average Bonchev–Trinajstić information content (AvgIpc) is 3.02. The highest BCUT2D eigenvalue weighted by molar-refractivity contribution is 5.45. The van der Waals surface area contributed by atoms with E-state index in [0.717, 1.165) is 61.2 Å². The van der Waals surface area contributed by atoms with Crippen molar-refractivity contribution in [2.24, 2.45) is 0 Å². The van der Waals surface area contributed by atoms with E-state index in [-0.39, 0.29) is 11.4 Å². The minimum atomic E-state index is -0.416. The molecule has 1 fully saturated rings. The topological polar surface area (TPSA) is 105 Å². The van der Waals surface area contributed by atoms with Gasteiger partial charge in [0, 0.05) is 24.3 Å². The maximum atomic E-state index is 11.0.